The molecule has 132 valence electrons. The molecular weight excluding hydrogens is 312 g/mol. The number of hydrogen-bond acceptors (Lipinski definition) is 3. The number of aryl methyl sites for hydroxylation is 1. The Morgan fingerprint density at radius 3 is 2.92 bits per heavy atom. The van der Waals surface area contributed by atoms with Crippen molar-refractivity contribution < 1.29 is 4.79 Å². The monoisotopic (exact) mass is 338 g/mol. The van der Waals surface area contributed by atoms with Crippen molar-refractivity contribution in [1.29, 1.82) is 0 Å². The summed E-state index contributed by atoms with van der Waals surface area (Å²) >= 11 is 0. The van der Waals surface area contributed by atoms with Crippen molar-refractivity contribution in [2.75, 3.05) is 13.1 Å². The third-order valence-corrected chi connectivity index (χ3v) is 4.76. The molecule has 0 aliphatic carbocycles. The summed E-state index contributed by atoms with van der Waals surface area (Å²) in [5, 5.41) is 3.07. The standard InChI is InChI=1S/C20H26N4O/c25-20(23-14-11-17-6-5-12-21-16-17)24-15-4-2-8-19(24)10-9-18-7-1-3-13-22-18/h1,3,5-7,12-13,16,19H,2,4,8-11,14-15H2,(H,23,25)/t19-/m1/s1. The number of piperidine rings is 1. The number of carbonyl (C=O) groups is 1. The summed E-state index contributed by atoms with van der Waals surface area (Å²) in [6, 6.07) is 10.4. The van der Waals surface area contributed by atoms with Gasteiger partial charge in [-0.2, -0.15) is 0 Å². The molecule has 1 aliphatic heterocycles. The summed E-state index contributed by atoms with van der Waals surface area (Å²) in [6.07, 6.45) is 11.5. The normalized spacial score (nSPS) is 17.3. The second kappa shape index (κ2) is 9.16. The zero-order valence-electron chi connectivity index (χ0n) is 14.6. The molecule has 1 saturated heterocycles. The number of urea groups is 1. The molecule has 1 N–H and O–H groups in total. The average molecular weight is 338 g/mol. The first-order valence-electron chi connectivity index (χ1n) is 9.16. The van der Waals surface area contributed by atoms with Crippen LogP contribution in [0.5, 0.6) is 0 Å². The molecule has 1 atom stereocenters. The van der Waals surface area contributed by atoms with E-state index in [9.17, 15) is 4.79 Å². The molecule has 0 bridgehead atoms. The van der Waals surface area contributed by atoms with Crippen LogP contribution in [-0.4, -0.2) is 40.0 Å². The van der Waals surface area contributed by atoms with Gasteiger partial charge in [-0.25, -0.2) is 4.79 Å². The van der Waals surface area contributed by atoms with Crippen molar-refractivity contribution in [3.8, 4) is 0 Å². The van der Waals surface area contributed by atoms with Crippen molar-refractivity contribution in [2.24, 2.45) is 0 Å². The van der Waals surface area contributed by atoms with Gasteiger partial charge < -0.3 is 10.2 Å². The second-order valence-electron chi connectivity index (χ2n) is 6.55. The molecule has 0 unspecified atom stereocenters. The first-order valence-corrected chi connectivity index (χ1v) is 9.16. The Morgan fingerprint density at radius 2 is 2.12 bits per heavy atom. The summed E-state index contributed by atoms with van der Waals surface area (Å²) in [6.45, 7) is 1.50. The maximum absolute atomic E-state index is 12.6. The van der Waals surface area contributed by atoms with Crippen LogP contribution in [-0.2, 0) is 12.8 Å². The lowest BCUT2D eigenvalue weighted by Gasteiger charge is -2.35. The molecule has 2 aromatic heterocycles. The fourth-order valence-electron chi connectivity index (χ4n) is 3.39. The molecule has 0 spiro atoms. The fraction of sp³-hybridized carbons (Fsp3) is 0.450. The van der Waals surface area contributed by atoms with Crippen LogP contribution in [0.4, 0.5) is 4.79 Å². The molecule has 25 heavy (non-hydrogen) atoms. The van der Waals surface area contributed by atoms with Crippen LogP contribution in [0.25, 0.3) is 0 Å². The van der Waals surface area contributed by atoms with E-state index in [1.165, 1.54) is 6.42 Å². The zero-order valence-corrected chi connectivity index (χ0v) is 14.6. The van der Waals surface area contributed by atoms with Crippen LogP contribution in [0.15, 0.2) is 48.9 Å². The minimum Gasteiger partial charge on any atom is -0.338 e. The number of likely N-dealkylation sites (tertiary alicyclic amines) is 1. The molecule has 0 saturated carbocycles. The van der Waals surface area contributed by atoms with E-state index >= 15 is 0 Å². The molecule has 1 fully saturated rings. The van der Waals surface area contributed by atoms with Crippen LogP contribution >= 0.6 is 0 Å². The van der Waals surface area contributed by atoms with Gasteiger partial charge in [0.1, 0.15) is 0 Å². The van der Waals surface area contributed by atoms with E-state index in [0.717, 1.165) is 49.9 Å². The van der Waals surface area contributed by atoms with E-state index in [0.29, 0.717) is 12.6 Å². The van der Waals surface area contributed by atoms with Crippen LogP contribution in [0.3, 0.4) is 0 Å². The summed E-state index contributed by atoms with van der Waals surface area (Å²) in [4.78, 5) is 23.1. The van der Waals surface area contributed by atoms with Crippen molar-refractivity contribution >= 4 is 6.03 Å². The van der Waals surface area contributed by atoms with E-state index < -0.39 is 0 Å². The quantitative estimate of drug-likeness (QED) is 0.880. The predicted octanol–water partition coefficient (Wildman–Crippen LogP) is 3.22. The number of rotatable bonds is 6. The van der Waals surface area contributed by atoms with Crippen molar-refractivity contribution in [3.63, 3.8) is 0 Å². The highest BCUT2D eigenvalue weighted by Crippen LogP contribution is 2.21. The molecule has 0 aromatic carbocycles. The van der Waals surface area contributed by atoms with E-state index in [1.807, 2.05) is 41.6 Å². The van der Waals surface area contributed by atoms with Crippen molar-refractivity contribution in [3.05, 3.63) is 60.2 Å². The van der Waals surface area contributed by atoms with Crippen molar-refractivity contribution in [2.45, 2.75) is 44.6 Å². The lowest BCUT2D eigenvalue weighted by Crippen LogP contribution is -2.49. The van der Waals surface area contributed by atoms with Crippen molar-refractivity contribution in [1.82, 2.24) is 20.2 Å². The highest BCUT2D eigenvalue weighted by Gasteiger charge is 2.26. The first-order chi connectivity index (χ1) is 12.3. The smallest absolute Gasteiger partial charge is 0.317 e. The number of hydrogen-bond donors (Lipinski definition) is 1. The summed E-state index contributed by atoms with van der Waals surface area (Å²) in [5.74, 6) is 0. The van der Waals surface area contributed by atoms with Gasteiger partial charge in [-0.1, -0.05) is 12.1 Å². The lowest BCUT2D eigenvalue weighted by molar-refractivity contribution is 0.146. The number of nitrogens with one attached hydrogen (secondary N) is 1. The minimum atomic E-state index is 0.0645. The van der Waals surface area contributed by atoms with Gasteiger partial charge in [0.2, 0.25) is 0 Å². The van der Waals surface area contributed by atoms with Gasteiger partial charge in [0.25, 0.3) is 0 Å². The Bertz CT molecular complexity index is 647. The Labute approximate surface area is 149 Å². The Hall–Kier alpha value is -2.43. The Balaban J connectivity index is 1.48. The van der Waals surface area contributed by atoms with Gasteiger partial charge in [0.05, 0.1) is 0 Å². The zero-order chi connectivity index (χ0) is 17.3. The molecule has 2 aromatic rings. The molecule has 1 aliphatic rings. The third-order valence-electron chi connectivity index (χ3n) is 4.76. The van der Waals surface area contributed by atoms with Crippen LogP contribution in [0.2, 0.25) is 0 Å². The summed E-state index contributed by atoms with van der Waals surface area (Å²) < 4.78 is 0. The first kappa shape index (κ1) is 17.4. The van der Waals surface area contributed by atoms with Crippen LogP contribution in [0.1, 0.15) is 36.9 Å². The van der Waals surface area contributed by atoms with Gasteiger partial charge in [-0.3, -0.25) is 9.97 Å². The average Bonchev–Trinajstić information content (AvgIpc) is 2.68. The third kappa shape index (κ3) is 5.28. The second-order valence-corrected chi connectivity index (χ2v) is 6.55. The Morgan fingerprint density at radius 1 is 1.16 bits per heavy atom. The maximum atomic E-state index is 12.6. The molecule has 5 heteroatoms. The van der Waals surface area contributed by atoms with Gasteiger partial charge in [0.15, 0.2) is 0 Å². The predicted molar refractivity (Wildman–Crippen MR) is 98.2 cm³/mol. The number of amides is 2. The largest absolute Gasteiger partial charge is 0.338 e. The van der Waals surface area contributed by atoms with Crippen LogP contribution < -0.4 is 5.32 Å². The number of aromatic nitrogens is 2. The topological polar surface area (TPSA) is 58.1 Å². The number of nitrogens with zero attached hydrogens (tertiary/aromatic N) is 3. The summed E-state index contributed by atoms with van der Waals surface area (Å²) in [7, 11) is 0. The van der Waals surface area contributed by atoms with E-state index in [2.05, 4.69) is 21.4 Å². The lowest BCUT2D eigenvalue weighted by atomic mass is 9.97. The fourth-order valence-corrected chi connectivity index (χ4v) is 3.39. The van der Waals surface area contributed by atoms with E-state index in [1.54, 1.807) is 6.20 Å². The van der Waals surface area contributed by atoms with Crippen LogP contribution in [0, 0.1) is 0 Å². The maximum Gasteiger partial charge on any atom is 0.317 e. The molecular formula is C20H26N4O. The highest BCUT2D eigenvalue weighted by molar-refractivity contribution is 5.74. The molecule has 2 amide bonds. The summed E-state index contributed by atoms with van der Waals surface area (Å²) in [5.41, 5.74) is 2.25. The number of carbonyl (C=O) groups excluding carboxylic acids is 1. The molecule has 3 rings (SSSR count). The molecule has 5 nitrogen and oxygen atoms in total. The van der Waals surface area contributed by atoms with E-state index in [-0.39, 0.29) is 6.03 Å². The number of pyridine rings is 2. The SMILES string of the molecule is O=C(NCCc1cccnc1)N1CCCC[C@@H]1CCc1ccccn1. The van der Waals surface area contributed by atoms with Gasteiger partial charge in [-0.05, 0) is 62.3 Å². The Kier molecular flexibility index (Phi) is 6.37. The van der Waals surface area contributed by atoms with Gasteiger partial charge >= 0.3 is 6.03 Å². The minimum absolute atomic E-state index is 0.0645. The molecule has 0 radical (unpaired) electrons. The van der Waals surface area contributed by atoms with Gasteiger partial charge in [0, 0.05) is 43.4 Å². The van der Waals surface area contributed by atoms with E-state index in [4.69, 9.17) is 0 Å². The molecule has 3 heterocycles. The van der Waals surface area contributed by atoms with Gasteiger partial charge in [-0.15, -0.1) is 0 Å². The highest BCUT2D eigenvalue weighted by atomic mass is 16.2.